The smallest absolute Gasteiger partial charge is 0.387 e. The Bertz CT molecular complexity index is 1140. The number of hydrogen-bond donors (Lipinski definition) is 3. The number of likely N-dealkylation sites (N-methyl/N-ethyl adjacent to an activating group) is 1. The van der Waals surface area contributed by atoms with Crippen LogP contribution in [0.4, 0.5) is 0 Å². The summed E-state index contributed by atoms with van der Waals surface area (Å²) in [6, 6.07) is -0.862. The zero-order chi connectivity index (χ0) is 47.1. The number of phosphoric acid groups is 1. The highest BCUT2D eigenvalue weighted by Gasteiger charge is 2.27. The maximum absolute atomic E-state index is 12.9. The van der Waals surface area contributed by atoms with Crippen LogP contribution in [0.3, 0.4) is 0 Å². The Morgan fingerprint density at radius 3 is 1.25 bits per heavy atom. The quantitative estimate of drug-likeness (QED) is 0.0243. The van der Waals surface area contributed by atoms with Crippen LogP contribution in [0, 0.1) is 0 Å². The van der Waals surface area contributed by atoms with Crippen LogP contribution >= 0.6 is 7.82 Å². The van der Waals surface area contributed by atoms with Gasteiger partial charge in [0.25, 0.3) is 0 Å². The number of carbonyl (C=O) groups excluding carboxylic acids is 1. The number of unbranched alkanes of at least 4 members (excludes halogenated alkanes) is 33. The molecular weight excluding hydrogens is 816 g/mol. The van der Waals surface area contributed by atoms with E-state index in [4.69, 9.17) is 9.05 Å². The molecule has 0 aromatic rings. The summed E-state index contributed by atoms with van der Waals surface area (Å²) >= 11 is 0. The molecule has 378 valence electrons. The molecule has 64 heavy (non-hydrogen) atoms. The zero-order valence-electron chi connectivity index (χ0n) is 43.0. The van der Waals surface area contributed by atoms with Gasteiger partial charge in [-0.05, 0) is 57.8 Å². The van der Waals surface area contributed by atoms with Crippen molar-refractivity contribution in [1.82, 2.24) is 5.32 Å². The normalized spacial score (nSPS) is 14.3. The molecule has 0 aliphatic carbocycles. The number of carbonyl (C=O) groups is 1. The van der Waals surface area contributed by atoms with E-state index >= 15 is 0 Å². The lowest BCUT2D eigenvalue weighted by Gasteiger charge is -2.25. The van der Waals surface area contributed by atoms with Crippen molar-refractivity contribution < 1.29 is 32.9 Å². The third-order valence-electron chi connectivity index (χ3n) is 12.3. The van der Waals surface area contributed by atoms with Crippen LogP contribution in [0.5, 0.6) is 0 Å². The summed E-state index contributed by atoms with van der Waals surface area (Å²) in [6.45, 7) is 4.81. The standard InChI is InChI=1S/C55H107N2O6P/c1-6-8-10-12-14-16-18-20-22-23-24-25-26-27-28-29-30-31-32-33-34-35-37-39-41-43-45-47-49-55(59)56-53(52-63-64(60,61)62-51-50-57(3,4)5)54(58)48-46-44-42-40-38-36-21-19-17-15-13-11-9-7-2/h27-28,38,40,46,48,53-54,58H,6-26,29-37,39,41-45,47,49-52H2,1-5H3,(H-,56,59,60,61)/p+1/b28-27-,40-38+,48-46+. The Kier molecular flexibility index (Phi) is 45.9. The maximum atomic E-state index is 12.9. The molecule has 0 saturated heterocycles. The summed E-state index contributed by atoms with van der Waals surface area (Å²) in [6.07, 6.45) is 59.6. The lowest BCUT2D eigenvalue weighted by molar-refractivity contribution is -0.870. The van der Waals surface area contributed by atoms with Gasteiger partial charge in [0.1, 0.15) is 13.2 Å². The Labute approximate surface area is 397 Å². The van der Waals surface area contributed by atoms with Gasteiger partial charge in [0.05, 0.1) is 39.9 Å². The molecule has 0 aliphatic rings. The van der Waals surface area contributed by atoms with E-state index in [9.17, 15) is 19.4 Å². The lowest BCUT2D eigenvalue weighted by atomic mass is 10.0. The molecule has 0 heterocycles. The van der Waals surface area contributed by atoms with Crippen LogP contribution in [-0.2, 0) is 18.4 Å². The molecule has 8 nitrogen and oxygen atoms in total. The van der Waals surface area contributed by atoms with Crippen LogP contribution in [0.25, 0.3) is 0 Å². The number of allylic oxidation sites excluding steroid dienone is 5. The Balaban J connectivity index is 4.15. The predicted molar refractivity (Wildman–Crippen MR) is 277 cm³/mol. The highest BCUT2D eigenvalue weighted by Crippen LogP contribution is 2.43. The minimum atomic E-state index is -4.35. The van der Waals surface area contributed by atoms with Gasteiger partial charge in [-0.15, -0.1) is 0 Å². The van der Waals surface area contributed by atoms with Gasteiger partial charge in [-0.25, -0.2) is 4.57 Å². The largest absolute Gasteiger partial charge is 0.472 e. The number of phosphoric ester groups is 1. The molecule has 0 saturated carbocycles. The highest BCUT2D eigenvalue weighted by molar-refractivity contribution is 7.47. The molecule has 0 radical (unpaired) electrons. The molecule has 0 spiro atoms. The molecule has 0 aromatic heterocycles. The van der Waals surface area contributed by atoms with Crippen LogP contribution in [0.2, 0.25) is 0 Å². The first kappa shape index (κ1) is 62.7. The molecule has 0 aromatic carbocycles. The highest BCUT2D eigenvalue weighted by atomic mass is 31.2. The van der Waals surface area contributed by atoms with E-state index in [0.717, 1.165) is 38.5 Å². The van der Waals surface area contributed by atoms with E-state index < -0.39 is 20.0 Å². The Morgan fingerprint density at radius 2 is 0.859 bits per heavy atom. The van der Waals surface area contributed by atoms with E-state index in [1.54, 1.807) is 6.08 Å². The summed E-state index contributed by atoms with van der Waals surface area (Å²) in [5.74, 6) is -0.186. The maximum Gasteiger partial charge on any atom is 0.472 e. The average Bonchev–Trinajstić information content (AvgIpc) is 3.25. The van der Waals surface area contributed by atoms with Crippen molar-refractivity contribution in [3.63, 3.8) is 0 Å². The Morgan fingerprint density at radius 1 is 0.516 bits per heavy atom. The first-order valence-electron chi connectivity index (χ1n) is 27.4. The van der Waals surface area contributed by atoms with Crippen LogP contribution in [-0.4, -0.2) is 73.4 Å². The summed E-state index contributed by atoms with van der Waals surface area (Å²) in [4.78, 5) is 23.2. The average molecular weight is 924 g/mol. The first-order chi connectivity index (χ1) is 31.0. The summed E-state index contributed by atoms with van der Waals surface area (Å²) < 4.78 is 23.6. The second-order valence-electron chi connectivity index (χ2n) is 19.9. The molecule has 3 unspecified atom stereocenters. The van der Waals surface area contributed by atoms with E-state index in [0.29, 0.717) is 17.4 Å². The van der Waals surface area contributed by atoms with Gasteiger partial charge in [-0.2, -0.15) is 0 Å². The van der Waals surface area contributed by atoms with Crippen molar-refractivity contribution in [1.29, 1.82) is 0 Å². The van der Waals surface area contributed by atoms with Crippen molar-refractivity contribution >= 4 is 13.7 Å². The molecule has 0 fully saturated rings. The molecular formula is C55H108N2O6P+. The van der Waals surface area contributed by atoms with Gasteiger partial charge < -0.3 is 19.8 Å². The first-order valence-corrected chi connectivity index (χ1v) is 28.9. The zero-order valence-corrected chi connectivity index (χ0v) is 43.9. The predicted octanol–water partition coefficient (Wildman–Crippen LogP) is 16.2. The number of quaternary nitrogens is 1. The van der Waals surface area contributed by atoms with E-state index in [1.165, 1.54) is 199 Å². The second-order valence-corrected chi connectivity index (χ2v) is 21.4. The fraction of sp³-hybridized carbons (Fsp3) is 0.873. The number of nitrogens with zero attached hydrogens (tertiary/aromatic N) is 1. The van der Waals surface area contributed by atoms with Crippen molar-refractivity contribution in [2.75, 3.05) is 40.9 Å². The van der Waals surface area contributed by atoms with E-state index in [1.807, 2.05) is 27.2 Å². The molecule has 9 heteroatoms. The van der Waals surface area contributed by atoms with Crippen molar-refractivity contribution in [3.8, 4) is 0 Å². The van der Waals surface area contributed by atoms with Crippen LogP contribution in [0.15, 0.2) is 36.5 Å². The van der Waals surface area contributed by atoms with Gasteiger partial charge in [-0.3, -0.25) is 13.8 Å². The van der Waals surface area contributed by atoms with Gasteiger partial charge in [0.2, 0.25) is 5.91 Å². The van der Waals surface area contributed by atoms with Gasteiger partial charge in [0.15, 0.2) is 0 Å². The van der Waals surface area contributed by atoms with Crippen molar-refractivity contribution in [3.05, 3.63) is 36.5 Å². The molecule has 0 aliphatic heterocycles. The molecule has 1 amide bonds. The van der Waals surface area contributed by atoms with E-state index in [2.05, 4.69) is 43.5 Å². The topological polar surface area (TPSA) is 105 Å². The number of nitrogens with one attached hydrogen (secondary N) is 1. The fourth-order valence-electron chi connectivity index (χ4n) is 7.99. The Hall–Kier alpha value is -1.28. The molecule has 0 rings (SSSR count). The van der Waals surface area contributed by atoms with Gasteiger partial charge >= 0.3 is 7.82 Å². The van der Waals surface area contributed by atoms with Gasteiger partial charge in [-0.1, -0.05) is 230 Å². The van der Waals surface area contributed by atoms with Crippen molar-refractivity contribution in [2.24, 2.45) is 0 Å². The number of rotatable bonds is 50. The van der Waals surface area contributed by atoms with E-state index in [-0.39, 0.29) is 19.1 Å². The number of amides is 1. The number of aliphatic hydroxyl groups is 1. The number of aliphatic hydroxyl groups excluding tert-OH is 1. The minimum Gasteiger partial charge on any atom is -0.387 e. The second kappa shape index (κ2) is 46.8. The van der Waals surface area contributed by atoms with Crippen LogP contribution < -0.4 is 5.32 Å². The van der Waals surface area contributed by atoms with Crippen LogP contribution in [0.1, 0.15) is 258 Å². The summed E-state index contributed by atoms with van der Waals surface area (Å²) in [7, 11) is 1.56. The van der Waals surface area contributed by atoms with Gasteiger partial charge in [0, 0.05) is 6.42 Å². The monoisotopic (exact) mass is 924 g/mol. The third-order valence-corrected chi connectivity index (χ3v) is 13.3. The molecule has 3 atom stereocenters. The number of hydrogen-bond acceptors (Lipinski definition) is 5. The lowest BCUT2D eigenvalue weighted by Crippen LogP contribution is -2.45. The van der Waals surface area contributed by atoms with Crippen molar-refractivity contribution in [2.45, 2.75) is 270 Å². The molecule has 3 N–H and O–H groups in total. The fourth-order valence-corrected chi connectivity index (χ4v) is 8.73. The summed E-state index contributed by atoms with van der Waals surface area (Å²) in [5.41, 5.74) is 0. The third kappa shape index (κ3) is 48.6. The molecule has 0 bridgehead atoms. The SMILES string of the molecule is CCCCCCCCCC/C=C/CC/C=C/C(O)C(COP(=O)(O)OCC[N+](C)(C)C)NC(=O)CCCCCCCCCCCCCC/C=C\CCCCCCCCCCCCCC. The minimum absolute atomic E-state index is 0.0567. The summed E-state index contributed by atoms with van der Waals surface area (Å²) in [5, 5.41) is 13.9.